The van der Waals surface area contributed by atoms with Gasteiger partial charge in [-0.1, -0.05) is 24.9 Å². The normalized spacial score (nSPS) is 10.9. The minimum absolute atomic E-state index is 0.137. The third-order valence-electron chi connectivity index (χ3n) is 4.54. The van der Waals surface area contributed by atoms with Crippen molar-refractivity contribution in [2.75, 3.05) is 14.2 Å². The topological polar surface area (TPSA) is 86.5 Å². The van der Waals surface area contributed by atoms with E-state index in [-0.39, 0.29) is 12.3 Å². The maximum absolute atomic E-state index is 12.2. The highest BCUT2D eigenvalue weighted by Gasteiger charge is 2.25. The van der Waals surface area contributed by atoms with Gasteiger partial charge >= 0.3 is 0 Å². The van der Waals surface area contributed by atoms with Crippen LogP contribution in [0.1, 0.15) is 39.0 Å². The number of methoxy groups -OCH3 is 2. The maximum atomic E-state index is 12.2. The Kier molecular flexibility index (Phi) is 6.83. The molecule has 7 heteroatoms. The Labute approximate surface area is 159 Å². The number of amides is 1. The van der Waals surface area contributed by atoms with Crippen LogP contribution in [-0.2, 0) is 11.2 Å². The summed E-state index contributed by atoms with van der Waals surface area (Å²) in [5.74, 6) is 4.54. The smallest absolute Gasteiger partial charge is 0.227 e. The van der Waals surface area contributed by atoms with Gasteiger partial charge in [-0.2, -0.15) is 4.98 Å². The summed E-state index contributed by atoms with van der Waals surface area (Å²) in [6.45, 7) is 3.91. The summed E-state index contributed by atoms with van der Waals surface area (Å²) < 4.78 is 15.8. The lowest BCUT2D eigenvalue weighted by atomic mass is 9.93. The van der Waals surface area contributed by atoms with E-state index in [0.29, 0.717) is 42.5 Å². The van der Waals surface area contributed by atoms with Crippen molar-refractivity contribution in [2.45, 2.75) is 45.1 Å². The van der Waals surface area contributed by atoms with E-state index >= 15 is 0 Å². The number of benzene rings is 1. The van der Waals surface area contributed by atoms with Crippen LogP contribution in [0.25, 0.3) is 11.4 Å². The highest BCUT2D eigenvalue weighted by atomic mass is 16.5. The highest BCUT2D eigenvalue weighted by Crippen LogP contribution is 2.31. The van der Waals surface area contributed by atoms with Crippen LogP contribution in [0.3, 0.4) is 0 Å². The largest absolute Gasteiger partial charge is 0.493 e. The molecule has 0 spiro atoms. The molecule has 0 aliphatic carbocycles. The SMILES string of the molecule is C#CC(CC)(CC)NC(=O)CCc1nc(-c2ccc(OC)c(OC)c2)no1. The van der Waals surface area contributed by atoms with Crippen LogP contribution in [-0.4, -0.2) is 35.8 Å². The Morgan fingerprint density at radius 2 is 1.96 bits per heavy atom. The Balaban J connectivity index is 2.02. The van der Waals surface area contributed by atoms with Gasteiger partial charge in [0.1, 0.15) is 5.54 Å². The molecule has 0 fully saturated rings. The summed E-state index contributed by atoms with van der Waals surface area (Å²) in [4.78, 5) is 16.6. The van der Waals surface area contributed by atoms with Crippen molar-refractivity contribution in [1.82, 2.24) is 15.5 Å². The molecular formula is C20H25N3O4. The summed E-state index contributed by atoms with van der Waals surface area (Å²) in [5.41, 5.74) is 0.131. The first-order valence-electron chi connectivity index (χ1n) is 8.84. The van der Waals surface area contributed by atoms with Crippen LogP contribution in [0, 0.1) is 12.3 Å². The van der Waals surface area contributed by atoms with Crippen LogP contribution in [0.2, 0.25) is 0 Å². The van der Waals surface area contributed by atoms with Gasteiger partial charge in [-0.25, -0.2) is 0 Å². The predicted octanol–water partition coefficient (Wildman–Crippen LogP) is 2.99. The number of ether oxygens (including phenoxy) is 2. The van der Waals surface area contributed by atoms with E-state index in [0.717, 1.165) is 5.56 Å². The van der Waals surface area contributed by atoms with E-state index in [2.05, 4.69) is 21.4 Å². The molecule has 1 amide bonds. The lowest BCUT2D eigenvalue weighted by Crippen LogP contribution is -2.46. The summed E-state index contributed by atoms with van der Waals surface area (Å²) in [7, 11) is 3.13. The van der Waals surface area contributed by atoms with Gasteiger partial charge in [0.15, 0.2) is 11.5 Å². The number of terminal acetylenes is 1. The van der Waals surface area contributed by atoms with Crippen molar-refractivity contribution in [2.24, 2.45) is 0 Å². The Morgan fingerprint density at radius 1 is 1.26 bits per heavy atom. The second-order valence-electron chi connectivity index (χ2n) is 6.06. The molecule has 0 aliphatic rings. The lowest BCUT2D eigenvalue weighted by Gasteiger charge is -2.26. The summed E-state index contributed by atoms with van der Waals surface area (Å²) in [5, 5.41) is 6.89. The van der Waals surface area contributed by atoms with E-state index < -0.39 is 5.54 Å². The fourth-order valence-corrected chi connectivity index (χ4v) is 2.67. The maximum Gasteiger partial charge on any atom is 0.227 e. The molecule has 0 aliphatic heterocycles. The monoisotopic (exact) mass is 371 g/mol. The van der Waals surface area contributed by atoms with Gasteiger partial charge in [-0.3, -0.25) is 4.79 Å². The Morgan fingerprint density at radius 3 is 2.56 bits per heavy atom. The third kappa shape index (κ3) is 4.79. The summed E-state index contributed by atoms with van der Waals surface area (Å²) >= 11 is 0. The van der Waals surface area contributed by atoms with Crippen LogP contribution in [0.4, 0.5) is 0 Å². The van der Waals surface area contributed by atoms with Crippen LogP contribution < -0.4 is 14.8 Å². The molecule has 0 saturated carbocycles. The first kappa shape index (κ1) is 20.3. The van der Waals surface area contributed by atoms with Crippen molar-refractivity contribution >= 4 is 5.91 Å². The zero-order chi connectivity index (χ0) is 19.9. The minimum atomic E-state index is -0.600. The number of rotatable bonds is 9. The molecule has 1 N–H and O–H groups in total. The number of aryl methyl sites for hydroxylation is 1. The van der Waals surface area contributed by atoms with Gasteiger partial charge < -0.3 is 19.3 Å². The standard InChI is InChI=1S/C20H25N3O4/c1-6-20(7-2,8-3)22-17(24)11-12-18-21-19(23-27-18)14-9-10-15(25-4)16(13-14)26-5/h1,9-10,13H,7-8,11-12H2,2-5H3,(H,22,24). The number of aromatic nitrogens is 2. The molecule has 0 atom stereocenters. The second kappa shape index (κ2) is 9.08. The molecule has 0 bridgehead atoms. The number of carbonyl (C=O) groups excluding carboxylic acids is 1. The quantitative estimate of drug-likeness (QED) is 0.682. The van der Waals surface area contributed by atoms with Gasteiger partial charge in [0.25, 0.3) is 0 Å². The van der Waals surface area contributed by atoms with E-state index in [1.54, 1.807) is 26.4 Å². The number of carbonyl (C=O) groups is 1. The van der Waals surface area contributed by atoms with Crippen LogP contribution in [0.15, 0.2) is 22.7 Å². The lowest BCUT2D eigenvalue weighted by molar-refractivity contribution is -0.122. The molecule has 144 valence electrons. The molecule has 27 heavy (non-hydrogen) atoms. The van der Waals surface area contributed by atoms with Crippen molar-refractivity contribution in [3.63, 3.8) is 0 Å². The van der Waals surface area contributed by atoms with E-state index in [4.69, 9.17) is 20.4 Å². The van der Waals surface area contributed by atoms with Crippen molar-refractivity contribution < 1.29 is 18.8 Å². The van der Waals surface area contributed by atoms with Crippen molar-refractivity contribution in [3.8, 4) is 35.2 Å². The molecule has 1 aromatic carbocycles. The van der Waals surface area contributed by atoms with Crippen molar-refractivity contribution in [3.05, 3.63) is 24.1 Å². The molecule has 7 nitrogen and oxygen atoms in total. The van der Waals surface area contributed by atoms with Gasteiger partial charge in [0, 0.05) is 18.4 Å². The van der Waals surface area contributed by atoms with Crippen molar-refractivity contribution in [1.29, 1.82) is 0 Å². The molecule has 1 aromatic heterocycles. The average Bonchev–Trinajstić information content (AvgIpc) is 3.19. The first-order chi connectivity index (χ1) is 13.0. The molecule has 0 radical (unpaired) electrons. The number of nitrogens with zero attached hydrogens (tertiary/aromatic N) is 2. The van der Waals surface area contributed by atoms with E-state index in [1.807, 2.05) is 19.9 Å². The molecule has 2 rings (SSSR count). The minimum Gasteiger partial charge on any atom is -0.493 e. The van der Waals surface area contributed by atoms with E-state index in [1.165, 1.54) is 0 Å². The number of hydrogen-bond donors (Lipinski definition) is 1. The molecule has 0 saturated heterocycles. The van der Waals surface area contributed by atoms with Crippen LogP contribution in [0.5, 0.6) is 11.5 Å². The Hall–Kier alpha value is -3.01. The predicted molar refractivity (Wildman–Crippen MR) is 101 cm³/mol. The van der Waals surface area contributed by atoms with Gasteiger partial charge in [-0.05, 0) is 31.0 Å². The second-order valence-corrected chi connectivity index (χ2v) is 6.06. The fourth-order valence-electron chi connectivity index (χ4n) is 2.67. The summed E-state index contributed by atoms with van der Waals surface area (Å²) in [6.07, 6.45) is 7.48. The van der Waals surface area contributed by atoms with Gasteiger partial charge in [0.2, 0.25) is 17.6 Å². The molecule has 1 heterocycles. The Bertz CT molecular complexity index is 819. The van der Waals surface area contributed by atoms with E-state index in [9.17, 15) is 4.79 Å². The van der Waals surface area contributed by atoms with Gasteiger partial charge in [-0.15, -0.1) is 6.42 Å². The average molecular weight is 371 g/mol. The molecule has 0 unspecified atom stereocenters. The number of nitrogens with one attached hydrogen (secondary N) is 1. The fraction of sp³-hybridized carbons (Fsp3) is 0.450. The number of hydrogen-bond acceptors (Lipinski definition) is 6. The third-order valence-corrected chi connectivity index (χ3v) is 4.54. The van der Waals surface area contributed by atoms with Gasteiger partial charge in [0.05, 0.1) is 14.2 Å². The molecule has 2 aromatic rings. The van der Waals surface area contributed by atoms with Crippen LogP contribution >= 0.6 is 0 Å². The zero-order valence-corrected chi connectivity index (χ0v) is 16.2. The first-order valence-corrected chi connectivity index (χ1v) is 8.84. The zero-order valence-electron chi connectivity index (χ0n) is 16.2. The highest BCUT2D eigenvalue weighted by molar-refractivity contribution is 5.77. The summed E-state index contributed by atoms with van der Waals surface area (Å²) in [6, 6.07) is 5.35. The molecular weight excluding hydrogens is 346 g/mol.